The predicted molar refractivity (Wildman–Crippen MR) is 106 cm³/mol. The number of aromatic nitrogens is 3. The standard InChI is InChI=1S/C20H19N5OS/c1-14-6-8-16(9-7-14)19-23-24-20(25(19)2)27-11-10-18(26)22-17-5-3-4-15(12-17)13-21/h3-9,12H,10-11H2,1-2H3,(H,22,26). The topological polar surface area (TPSA) is 83.6 Å². The van der Waals surface area contributed by atoms with Crippen LogP contribution in [0.3, 0.4) is 0 Å². The lowest BCUT2D eigenvalue weighted by Crippen LogP contribution is -2.12. The van der Waals surface area contributed by atoms with Crippen molar-refractivity contribution < 1.29 is 4.79 Å². The zero-order valence-corrected chi connectivity index (χ0v) is 16.0. The molecule has 0 aliphatic heterocycles. The molecule has 6 nitrogen and oxygen atoms in total. The molecule has 0 unspecified atom stereocenters. The van der Waals surface area contributed by atoms with E-state index >= 15 is 0 Å². The zero-order chi connectivity index (χ0) is 19.2. The molecule has 3 aromatic rings. The van der Waals surface area contributed by atoms with E-state index < -0.39 is 0 Å². The molecule has 0 bridgehead atoms. The Balaban J connectivity index is 1.55. The van der Waals surface area contributed by atoms with Crippen LogP contribution in [0.5, 0.6) is 0 Å². The number of nitriles is 1. The number of thioether (sulfide) groups is 1. The monoisotopic (exact) mass is 377 g/mol. The Morgan fingerprint density at radius 1 is 1.22 bits per heavy atom. The van der Waals surface area contributed by atoms with Gasteiger partial charge in [0.2, 0.25) is 5.91 Å². The first-order valence-electron chi connectivity index (χ1n) is 8.46. The molecule has 0 fully saturated rings. The molecular weight excluding hydrogens is 358 g/mol. The fourth-order valence-electron chi connectivity index (χ4n) is 2.52. The van der Waals surface area contributed by atoms with E-state index in [2.05, 4.69) is 21.6 Å². The minimum atomic E-state index is -0.0986. The second kappa shape index (κ2) is 8.52. The minimum absolute atomic E-state index is 0.0986. The van der Waals surface area contributed by atoms with Gasteiger partial charge in [-0.1, -0.05) is 47.7 Å². The molecule has 0 saturated heterocycles. The maximum atomic E-state index is 12.1. The van der Waals surface area contributed by atoms with Crippen LogP contribution in [-0.2, 0) is 11.8 Å². The van der Waals surface area contributed by atoms with E-state index in [0.717, 1.165) is 16.5 Å². The van der Waals surface area contributed by atoms with Crippen LogP contribution in [0, 0.1) is 18.3 Å². The molecule has 0 saturated carbocycles. The number of nitrogens with one attached hydrogen (secondary N) is 1. The minimum Gasteiger partial charge on any atom is -0.326 e. The van der Waals surface area contributed by atoms with Gasteiger partial charge < -0.3 is 9.88 Å². The van der Waals surface area contributed by atoms with Gasteiger partial charge in [0.25, 0.3) is 0 Å². The Labute approximate surface area is 162 Å². The fourth-order valence-corrected chi connectivity index (χ4v) is 3.37. The van der Waals surface area contributed by atoms with E-state index in [-0.39, 0.29) is 5.91 Å². The molecule has 1 heterocycles. The molecule has 1 aromatic heterocycles. The smallest absolute Gasteiger partial charge is 0.225 e. The molecule has 27 heavy (non-hydrogen) atoms. The summed E-state index contributed by atoms with van der Waals surface area (Å²) < 4.78 is 1.93. The number of anilines is 1. The van der Waals surface area contributed by atoms with Gasteiger partial charge in [-0.05, 0) is 25.1 Å². The predicted octanol–water partition coefficient (Wildman–Crippen LogP) is 3.78. The maximum Gasteiger partial charge on any atom is 0.225 e. The second-order valence-corrected chi connectivity index (χ2v) is 7.13. The number of hydrogen-bond donors (Lipinski definition) is 1. The summed E-state index contributed by atoms with van der Waals surface area (Å²) in [7, 11) is 1.92. The summed E-state index contributed by atoms with van der Waals surface area (Å²) in [5, 5.41) is 21.0. The third kappa shape index (κ3) is 4.74. The molecule has 0 atom stereocenters. The van der Waals surface area contributed by atoms with Crippen molar-refractivity contribution in [3.8, 4) is 17.5 Å². The highest BCUT2D eigenvalue weighted by molar-refractivity contribution is 7.99. The van der Waals surface area contributed by atoms with Crippen LogP contribution in [0.15, 0.2) is 53.7 Å². The van der Waals surface area contributed by atoms with Crippen molar-refractivity contribution in [3.05, 3.63) is 59.7 Å². The molecule has 0 spiro atoms. The van der Waals surface area contributed by atoms with Gasteiger partial charge in [0.05, 0.1) is 11.6 Å². The first-order chi connectivity index (χ1) is 13.1. The van der Waals surface area contributed by atoms with Crippen LogP contribution in [0.1, 0.15) is 17.5 Å². The van der Waals surface area contributed by atoms with Crippen LogP contribution in [0.25, 0.3) is 11.4 Å². The molecule has 7 heteroatoms. The van der Waals surface area contributed by atoms with Crippen LogP contribution >= 0.6 is 11.8 Å². The lowest BCUT2D eigenvalue weighted by molar-refractivity contribution is -0.115. The van der Waals surface area contributed by atoms with Crippen LogP contribution in [0.2, 0.25) is 0 Å². The Morgan fingerprint density at radius 3 is 2.74 bits per heavy atom. The summed E-state index contributed by atoms with van der Waals surface area (Å²) in [6.07, 6.45) is 0.341. The number of nitrogens with zero attached hydrogens (tertiary/aromatic N) is 4. The molecule has 136 valence electrons. The first kappa shape index (κ1) is 18.7. The quantitative estimate of drug-likeness (QED) is 0.661. The number of rotatable bonds is 6. The Hall–Kier alpha value is -3.11. The summed E-state index contributed by atoms with van der Waals surface area (Å²) in [6, 6.07) is 17.1. The third-order valence-electron chi connectivity index (χ3n) is 3.98. The van der Waals surface area contributed by atoms with Crippen molar-refractivity contribution in [2.75, 3.05) is 11.1 Å². The Bertz CT molecular complexity index is 988. The normalized spacial score (nSPS) is 10.4. The van der Waals surface area contributed by atoms with Crippen molar-refractivity contribution in [2.45, 2.75) is 18.5 Å². The van der Waals surface area contributed by atoms with E-state index in [1.54, 1.807) is 24.3 Å². The van der Waals surface area contributed by atoms with E-state index in [0.29, 0.717) is 23.4 Å². The van der Waals surface area contributed by atoms with Crippen molar-refractivity contribution >= 4 is 23.4 Å². The number of benzene rings is 2. The molecule has 2 aromatic carbocycles. The largest absolute Gasteiger partial charge is 0.326 e. The number of carbonyl (C=O) groups excluding carboxylic acids is 1. The second-order valence-electron chi connectivity index (χ2n) is 6.07. The highest BCUT2D eigenvalue weighted by Crippen LogP contribution is 2.23. The summed E-state index contributed by atoms with van der Waals surface area (Å²) in [5.74, 6) is 1.29. The molecule has 0 aliphatic rings. The van der Waals surface area contributed by atoms with Gasteiger partial charge >= 0.3 is 0 Å². The summed E-state index contributed by atoms with van der Waals surface area (Å²) >= 11 is 1.49. The maximum absolute atomic E-state index is 12.1. The molecular formula is C20H19N5OS. The summed E-state index contributed by atoms with van der Waals surface area (Å²) in [6.45, 7) is 2.04. The Kier molecular flexibility index (Phi) is 5.89. The van der Waals surface area contributed by atoms with Crippen LogP contribution in [-0.4, -0.2) is 26.4 Å². The van der Waals surface area contributed by atoms with Crippen molar-refractivity contribution in [1.29, 1.82) is 5.26 Å². The average Bonchev–Trinajstić information content (AvgIpc) is 3.03. The van der Waals surface area contributed by atoms with Gasteiger partial charge in [0.1, 0.15) is 0 Å². The Morgan fingerprint density at radius 2 is 2.00 bits per heavy atom. The van der Waals surface area contributed by atoms with Crippen molar-refractivity contribution in [1.82, 2.24) is 14.8 Å². The van der Waals surface area contributed by atoms with E-state index in [1.807, 2.05) is 42.8 Å². The van der Waals surface area contributed by atoms with Crippen molar-refractivity contribution in [3.63, 3.8) is 0 Å². The lowest BCUT2D eigenvalue weighted by atomic mass is 10.1. The lowest BCUT2D eigenvalue weighted by Gasteiger charge is -2.06. The van der Waals surface area contributed by atoms with Gasteiger partial charge in [-0.15, -0.1) is 10.2 Å². The van der Waals surface area contributed by atoms with Crippen molar-refractivity contribution in [2.24, 2.45) is 7.05 Å². The van der Waals surface area contributed by atoms with Gasteiger partial charge in [-0.2, -0.15) is 5.26 Å². The van der Waals surface area contributed by atoms with E-state index in [9.17, 15) is 4.79 Å². The molecule has 3 rings (SSSR count). The van der Waals surface area contributed by atoms with Crippen LogP contribution in [0.4, 0.5) is 5.69 Å². The molecule has 1 amide bonds. The van der Waals surface area contributed by atoms with Gasteiger partial charge in [-0.25, -0.2) is 0 Å². The zero-order valence-electron chi connectivity index (χ0n) is 15.1. The summed E-state index contributed by atoms with van der Waals surface area (Å²) in [5.41, 5.74) is 3.36. The highest BCUT2D eigenvalue weighted by atomic mass is 32.2. The fraction of sp³-hybridized carbons (Fsp3) is 0.200. The summed E-state index contributed by atoms with van der Waals surface area (Å²) in [4.78, 5) is 12.1. The molecule has 0 aliphatic carbocycles. The number of hydrogen-bond acceptors (Lipinski definition) is 5. The number of aryl methyl sites for hydroxylation is 1. The van der Waals surface area contributed by atoms with Gasteiger partial charge in [0.15, 0.2) is 11.0 Å². The number of amides is 1. The van der Waals surface area contributed by atoms with E-state index in [1.165, 1.54) is 17.3 Å². The third-order valence-corrected chi connectivity index (χ3v) is 5.00. The van der Waals surface area contributed by atoms with E-state index in [4.69, 9.17) is 5.26 Å². The van der Waals surface area contributed by atoms with Gasteiger partial charge in [0, 0.05) is 30.5 Å². The molecule has 1 N–H and O–H groups in total. The first-order valence-corrected chi connectivity index (χ1v) is 9.44. The average molecular weight is 377 g/mol. The highest BCUT2D eigenvalue weighted by Gasteiger charge is 2.12. The number of carbonyl (C=O) groups is 1. The van der Waals surface area contributed by atoms with Gasteiger partial charge in [-0.3, -0.25) is 4.79 Å². The van der Waals surface area contributed by atoms with Crippen LogP contribution < -0.4 is 5.32 Å². The SMILES string of the molecule is Cc1ccc(-c2nnc(SCCC(=O)Nc3cccc(C#N)c3)n2C)cc1. The molecule has 0 radical (unpaired) electrons.